The normalized spacial score (nSPS) is 12.6. The van der Waals surface area contributed by atoms with Gasteiger partial charge in [0.2, 0.25) is 0 Å². The fourth-order valence-corrected chi connectivity index (χ4v) is 1.43. The van der Waals surface area contributed by atoms with E-state index in [1.54, 1.807) is 0 Å². The Morgan fingerprint density at radius 3 is 2.75 bits per heavy atom. The average molecular weight is 218 g/mol. The van der Waals surface area contributed by atoms with Crippen LogP contribution in [-0.2, 0) is 0 Å². The second-order valence-electron chi connectivity index (χ2n) is 3.53. The summed E-state index contributed by atoms with van der Waals surface area (Å²) in [6.45, 7) is 0.0442. The number of rotatable bonds is 4. The second kappa shape index (κ2) is 4.87. The van der Waals surface area contributed by atoms with Crippen LogP contribution in [0.5, 0.6) is 0 Å². The largest absolute Gasteiger partial charge is 0.396 e. The van der Waals surface area contributed by atoms with E-state index in [1.807, 2.05) is 30.3 Å². The van der Waals surface area contributed by atoms with Gasteiger partial charge in [-0.25, -0.2) is 4.98 Å². The van der Waals surface area contributed by atoms with Crippen LogP contribution in [0.2, 0.25) is 0 Å². The molecule has 0 aliphatic heterocycles. The molecule has 16 heavy (non-hydrogen) atoms. The first-order valence-electron chi connectivity index (χ1n) is 5.15. The third-order valence-corrected chi connectivity index (χ3v) is 2.33. The molecule has 1 aromatic carbocycles. The van der Waals surface area contributed by atoms with E-state index in [-0.39, 0.29) is 12.6 Å². The first-order valence-corrected chi connectivity index (χ1v) is 5.15. The fraction of sp³-hybridized carbons (Fsp3) is 0.273. The van der Waals surface area contributed by atoms with Crippen LogP contribution in [0.15, 0.2) is 30.3 Å². The molecule has 0 aliphatic carbocycles. The molecule has 0 amide bonds. The summed E-state index contributed by atoms with van der Waals surface area (Å²) in [5.74, 6) is 1.23. The summed E-state index contributed by atoms with van der Waals surface area (Å²) in [4.78, 5) is 4.30. The number of hydrogen-bond donors (Lipinski definition) is 3. The highest BCUT2D eigenvalue weighted by Crippen LogP contribution is 2.16. The first-order chi connectivity index (χ1) is 7.81. The van der Waals surface area contributed by atoms with Gasteiger partial charge in [0.15, 0.2) is 5.82 Å². The Balaban J connectivity index is 2.20. The van der Waals surface area contributed by atoms with Gasteiger partial charge >= 0.3 is 0 Å². The van der Waals surface area contributed by atoms with E-state index in [1.165, 1.54) is 0 Å². The van der Waals surface area contributed by atoms with Gasteiger partial charge in [-0.2, -0.15) is 5.10 Å². The number of aliphatic hydroxyl groups excluding tert-OH is 1. The highest BCUT2D eigenvalue weighted by Gasteiger charge is 2.11. The summed E-state index contributed by atoms with van der Waals surface area (Å²) in [6, 6.07) is 9.37. The molecule has 4 N–H and O–H groups in total. The number of H-pyrrole nitrogens is 1. The molecule has 0 saturated heterocycles. The number of hydrogen-bond acceptors (Lipinski definition) is 4. The minimum Gasteiger partial charge on any atom is -0.396 e. The fourth-order valence-electron chi connectivity index (χ4n) is 1.43. The van der Waals surface area contributed by atoms with Gasteiger partial charge in [0, 0.05) is 12.2 Å². The zero-order valence-corrected chi connectivity index (χ0v) is 8.80. The van der Waals surface area contributed by atoms with Crippen LogP contribution in [0.25, 0.3) is 11.4 Å². The molecule has 2 rings (SSSR count). The lowest BCUT2D eigenvalue weighted by atomic mass is 10.2. The van der Waals surface area contributed by atoms with Crippen LogP contribution < -0.4 is 5.73 Å². The van der Waals surface area contributed by atoms with E-state index in [9.17, 15) is 0 Å². The zero-order chi connectivity index (χ0) is 11.4. The van der Waals surface area contributed by atoms with Crippen LogP contribution in [0.1, 0.15) is 18.3 Å². The molecule has 5 nitrogen and oxygen atoms in total. The maximum Gasteiger partial charge on any atom is 0.181 e. The molecule has 2 aromatic rings. The summed E-state index contributed by atoms with van der Waals surface area (Å²) in [6.07, 6.45) is 0.476. The van der Waals surface area contributed by atoms with E-state index in [0.717, 1.165) is 5.56 Å². The minimum absolute atomic E-state index is 0.0442. The first kappa shape index (κ1) is 10.8. The van der Waals surface area contributed by atoms with E-state index in [0.29, 0.717) is 18.1 Å². The SMILES string of the molecule is NC(CCO)c1nc(-c2ccccc2)n[nH]1. The second-order valence-corrected chi connectivity index (χ2v) is 3.53. The van der Waals surface area contributed by atoms with Crippen molar-refractivity contribution in [3.63, 3.8) is 0 Å². The smallest absolute Gasteiger partial charge is 0.181 e. The highest BCUT2D eigenvalue weighted by molar-refractivity contribution is 5.53. The van der Waals surface area contributed by atoms with E-state index in [4.69, 9.17) is 10.8 Å². The molecular formula is C11H14N4O. The van der Waals surface area contributed by atoms with Gasteiger partial charge in [0.1, 0.15) is 5.82 Å². The number of benzene rings is 1. The van der Waals surface area contributed by atoms with Crippen molar-refractivity contribution in [2.45, 2.75) is 12.5 Å². The Labute approximate surface area is 93.3 Å². The summed E-state index contributed by atoms with van der Waals surface area (Å²) < 4.78 is 0. The van der Waals surface area contributed by atoms with Crippen LogP contribution in [-0.4, -0.2) is 26.9 Å². The summed E-state index contributed by atoms with van der Waals surface area (Å²) in [5.41, 5.74) is 6.75. The van der Waals surface area contributed by atoms with Crippen LogP contribution in [0.4, 0.5) is 0 Å². The van der Waals surface area contributed by atoms with Gasteiger partial charge in [-0.3, -0.25) is 5.10 Å². The van der Waals surface area contributed by atoms with E-state index < -0.39 is 0 Å². The molecule has 0 radical (unpaired) electrons. The maximum atomic E-state index is 8.78. The maximum absolute atomic E-state index is 8.78. The number of nitrogens with zero attached hydrogens (tertiary/aromatic N) is 2. The van der Waals surface area contributed by atoms with Gasteiger partial charge < -0.3 is 10.8 Å². The Kier molecular flexibility index (Phi) is 3.28. The lowest BCUT2D eigenvalue weighted by molar-refractivity contribution is 0.274. The van der Waals surface area contributed by atoms with E-state index in [2.05, 4.69) is 15.2 Å². The third kappa shape index (κ3) is 2.26. The molecular weight excluding hydrogens is 204 g/mol. The predicted molar refractivity (Wildman–Crippen MR) is 60.4 cm³/mol. The molecule has 1 aromatic heterocycles. The number of nitrogens with one attached hydrogen (secondary N) is 1. The Morgan fingerprint density at radius 2 is 2.06 bits per heavy atom. The van der Waals surface area contributed by atoms with E-state index >= 15 is 0 Å². The Morgan fingerprint density at radius 1 is 1.31 bits per heavy atom. The number of nitrogens with two attached hydrogens (primary N) is 1. The lowest BCUT2D eigenvalue weighted by Gasteiger charge is -2.03. The molecule has 0 fully saturated rings. The van der Waals surface area contributed by atoms with Crippen molar-refractivity contribution in [3.05, 3.63) is 36.2 Å². The molecule has 1 heterocycles. The highest BCUT2D eigenvalue weighted by atomic mass is 16.3. The molecule has 0 aliphatic rings. The van der Waals surface area contributed by atoms with Crippen molar-refractivity contribution in [1.82, 2.24) is 15.2 Å². The van der Waals surface area contributed by atoms with Crippen molar-refractivity contribution in [2.75, 3.05) is 6.61 Å². The zero-order valence-electron chi connectivity index (χ0n) is 8.80. The summed E-state index contributed by atoms with van der Waals surface area (Å²) in [5, 5.41) is 15.7. The molecule has 0 bridgehead atoms. The summed E-state index contributed by atoms with van der Waals surface area (Å²) >= 11 is 0. The molecule has 0 saturated carbocycles. The van der Waals surface area contributed by atoms with Crippen LogP contribution >= 0.6 is 0 Å². The third-order valence-electron chi connectivity index (χ3n) is 2.33. The number of aromatic amines is 1. The lowest BCUT2D eigenvalue weighted by Crippen LogP contribution is -2.13. The predicted octanol–water partition coefficient (Wildman–Crippen LogP) is 0.854. The number of aliphatic hydroxyl groups is 1. The van der Waals surface area contributed by atoms with Crippen molar-refractivity contribution in [3.8, 4) is 11.4 Å². The molecule has 5 heteroatoms. The monoisotopic (exact) mass is 218 g/mol. The van der Waals surface area contributed by atoms with Crippen LogP contribution in [0.3, 0.4) is 0 Å². The standard InChI is InChI=1S/C11H14N4O/c12-9(6-7-16)11-13-10(14-15-11)8-4-2-1-3-5-8/h1-5,9,16H,6-7,12H2,(H,13,14,15). The van der Waals surface area contributed by atoms with Crippen molar-refractivity contribution in [2.24, 2.45) is 5.73 Å². The number of aromatic nitrogens is 3. The molecule has 0 spiro atoms. The van der Waals surface area contributed by atoms with Gasteiger partial charge in [-0.1, -0.05) is 30.3 Å². The van der Waals surface area contributed by atoms with Gasteiger partial charge in [-0.15, -0.1) is 0 Å². The molecule has 1 unspecified atom stereocenters. The molecule has 1 atom stereocenters. The average Bonchev–Trinajstić information content (AvgIpc) is 2.80. The Bertz CT molecular complexity index is 440. The van der Waals surface area contributed by atoms with Crippen molar-refractivity contribution < 1.29 is 5.11 Å². The Hall–Kier alpha value is -1.72. The quantitative estimate of drug-likeness (QED) is 0.710. The molecule has 84 valence electrons. The van der Waals surface area contributed by atoms with Gasteiger partial charge in [0.05, 0.1) is 6.04 Å². The van der Waals surface area contributed by atoms with Crippen molar-refractivity contribution >= 4 is 0 Å². The van der Waals surface area contributed by atoms with Gasteiger partial charge in [-0.05, 0) is 6.42 Å². The topological polar surface area (TPSA) is 87.8 Å². The van der Waals surface area contributed by atoms with Crippen LogP contribution in [0, 0.1) is 0 Å². The van der Waals surface area contributed by atoms with Crippen molar-refractivity contribution in [1.29, 1.82) is 0 Å². The van der Waals surface area contributed by atoms with Gasteiger partial charge in [0.25, 0.3) is 0 Å². The summed E-state index contributed by atoms with van der Waals surface area (Å²) in [7, 11) is 0. The minimum atomic E-state index is -0.296.